The van der Waals surface area contributed by atoms with E-state index in [-0.39, 0.29) is 82.5 Å². The number of amides is 2. The quantitative estimate of drug-likeness (QED) is 0.201. The molecule has 2 unspecified atom stereocenters. The number of benzene rings is 2. The first kappa shape index (κ1) is 38.4. The summed E-state index contributed by atoms with van der Waals surface area (Å²) in [6, 6.07) is 7.37. The highest BCUT2D eigenvalue weighted by Gasteiger charge is 2.51. The van der Waals surface area contributed by atoms with Gasteiger partial charge in [0.25, 0.3) is 11.5 Å². The number of ether oxygens (including phenoxy) is 1. The lowest BCUT2D eigenvalue weighted by atomic mass is 9.85. The second-order valence-electron chi connectivity index (χ2n) is 14.6. The summed E-state index contributed by atoms with van der Waals surface area (Å²) in [5.74, 6) is -2.39. The van der Waals surface area contributed by atoms with Crippen LogP contribution in [0.25, 0.3) is 17.2 Å². The van der Waals surface area contributed by atoms with Crippen molar-refractivity contribution in [2.24, 2.45) is 0 Å². The second-order valence-corrected chi connectivity index (χ2v) is 15.0. The number of likely N-dealkylation sites (tertiary alicyclic amines) is 2. The summed E-state index contributed by atoms with van der Waals surface area (Å²) in [5, 5.41) is 17.1. The number of alkyl halides is 3. The van der Waals surface area contributed by atoms with Crippen molar-refractivity contribution in [1.29, 1.82) is 0 Å². The number of piperidine rings is 1. The molecule has 57 heavy (non-hydrogen) atoms. The minimum Gasteiger partial charge on any atom is -0.504 e. The van der Waals surface area contributed by atoms with Crippen molar-refractivity contribution in [2.75, 3.05) is 32.0 Å². The maximum absolute atomic E-state index is 15.9. The number of rotatable bonds is 6. The standard InChI is InChI=1S/C38H36ClF4N9O5/c1-19-32(54)30(45-18-44-19)35(56)50-13-10-37(11-14-50)29-31(20(2)57-37)51(17-28(53)46-26-9-7-22(16-24(26)39)38(41,42)43)36-47-33(48-52(36)34(29)55)23-8-6-21(15-25(23)40)27-5-4-12-49(27)3/h6-9,15-16,18,20,27,54H,4-5,10-14,17H2,1-3H3,(H,46,53). The molecule has 2 fully saturated rings. The zero-order valence-corrected chi connectivity index (χ0v) is 31.7. The Labute approximate surface area is 327 Å². The Morgan fingerprint density at radius 3 is 2.53 bits per heavy atom. The van der Waals surface area contributed by atoms with E-state index >= 15 is 4.39 Å². The zero-order chi connectivity index (χ0) is 40.6. The molecule has 3 aliphatic rings. The fourth-order valence-corrected chi connectivity index (χ4v) is 8.46. The van der Waals surface area contributed by atoms with Gasteiger partial charge >= 0.3 is 6.18 Å². The Balaban J connectivity index is 1.19. The van der Waals surface area contributed by atoms with Gasteiger partial charge in [-0.1, -0.05) is 17.7 Å². The first-order valence-electron chi connectivity index (χ1n) is 18.2. The van der Waals surface area contributed by atoms with Crippen LogP contribution >= 0.6 is 11.6 Å². The van der Waals surface area contributed by atoms with E-state index in [1.54, 1.807) is 26.0 Å². The molecule has 2 aromatic carbocycles. The summed E-state index contributed by atoms with van der Waals surface area (Å²) in [6.45, 7) is 3.82. The number of aromatic hydroxyl groups is 1. The highest BCUT2D eigenvalue weighted by atomic mass is 35.5. The molecule has 19 heteroatoms. The van der Waals surface area contributed by atoms with Crippen LogP contribution in [0.2, 0.25) is 5.02 Å². The number of anilines is 1. The van der Waals surface area contributed by atoms with Crippen molar-refractivity contribution in [2.45, 2.75) is 70.0 Å². The Hall–Kier alpha value is -5.46. The van der Waals surface area contributed by atoms with Gasteiger partial charge in [0.15, 0.2) is 17.3 Å². The van der Waals surface area contributed by atoms with Crippen molar-refractivity contribution >= 4 is 34.9 Å². The summed E-state index contributed by atoms with van der Waals surface area (Å²) in [4.78, 5) is 57.8. The van der Waals surface area contributed by atoms with E-state index < -0.39 is 53.2 Å². The summed E-state index contributed by atoms with van der Waals surface area (Å²) < 4.78 is 64.8. The first-order valence-corrected chi connectivity index (χ1v) is 18.6. The van der Waals surface area contributed by atoms with E-state index in [1.165, 1.54) is 21.9 Å². The third-order valence-electron chi connectivity index (χ3n) is 11.1. The van der Waals surface area contributed by atoms with Gasteiger partial charge in [-0.05, 0) is 89.0 Å². The van der Waals surface area contributed by atoms with Gasteiger partial charge in [-0.2, -0.15) is 22.7 Å². The molecule has 0 radical (unpaired) electrons. The number of aryl methyl sites for hydroxylation is 1. The molecule has 14 nitrogen and oxygen atoms in total. The lowest BCUT2D eigenvalue weighted by Crippen LogP contribution is -2.47. The van der Waals surface area contributed by atoms with Crippen LogP contribution in [0.5, 0.6) is 5.75 Å². The number of carbonyl (C=O) groups excluding carboxylic acids is 2. The largest absolute Gasteiger partial charge is 0.504 e. The predicted octanol–water partition coefficient (Wildman–Crippen LogP) is 5.80. The SMILES string of the molecule is Cc1ncnc(C(=O)N2CCC3(CC2)OC(C)c2c3c(=O)n3nc(-c4ccc(C5CCCN5C)cc4F)nc3n2CC(=O)Nc2ccc(C(F)(F)F)cc2Cl)c1O. The van der Waals surface area contributed by atoms with Gasteiger partial charge in [-0.3, -0.25) is 19.3 Å². The molecular weight excluding hydrogens is 774 g/mol. The van der Waals surface area contributed by atoms with Crippen molar-refractivity contribution in [3.63, 3.8) is 0 Å². The Kier molecular flexibility index (Phi) is 9.55. The molecule has 2 saturated heterocycles. The van der Waals surface area contributed by atoms with Gasteiger partial charge in [0, 0.05) is 19.1 Å². The molecule has 0 saturated carbocycles. The summed E-state index contributed by atoms with van der Waals surface area (Å²) >= 11 is 6.15. The minimum absolute atomic E-state index is 0.0317. The topological polar surface area (TPSA) is 160 Å². The van der Waals surface area contributed by atoms with Crippen LogP contribution in [0, 0.1) is 12.7 Å². The van der Waals surface area contributed by atoms with E-state index in [4.69, 9.17) is 16.3 Å². The molecule has 298 valence electrons. The number of nitrogens with zero attached hydrogens (tertiary/aromatic N) is 8. The number of hydrogen-bond acceptors (Lipinski definition) is 10. The van der Waals surface area contributed by atoms with Crippen LogP contribution < -0.4 is 10.9 Å². The first-order chi connectivity index (χ1) is 27.1. The summed E-state index contributed by atoms with van der Waals surface area (Å²) in [6.07, 6.45) is -2.12. The molecular formula is C38H36ClF4N9O5. The molecule has 3 aliphatic heterocycles. The lowest BCUT2D eigenvalue weighted by Gasteiger charge is -2.39. The number of hydrogen-bond donors (Lipinski definition) is 2. The van der Waals surface area contributed by atoms with Crippen LogP contribution in [0.4, 0.5) is 23.2 Å². The normalized spacial score (nSPS) is 19.4. The van der Waals surface area contributed by atoms with E-state index in [1.807, 2.05) is 7.05 Å². The van der Waals surface area contributed by atoms with Crippen LogP contribution in [0.1, 0.15) is 83.3 Å². The molecule has 1 spiro atoms. The van der Waals surface area contributed by atoms with Crippen LogP contribution in [0.3, 0.4) is 0 Å². The number of nitrogens with one attached hydrogen (secondary N) is 1. The van der Waals surface area contributed by atoms with Crippen LogP contribution in [0.15, 0.2) is 47.5 Å². The maximum Gasteiger partial charge on any atom is 0.416 e. The highest BCUT2D eigenvalue weighted by Crippen LogP contribution is 2.48. The van der Waals surface area contributed by atoms with Gasteiger partial charge in [0.05, 0.1) is 44.9 Å². The average Bonchev–Trinajstić information content (AvgIpc) is 3.87. The second kappa shape index (κ2) is 14.2. The van der Waals surface area contributed by atoms with E-state index in [0.717, 1.165) is 41.6 Å². The van der Waals surface area contributed by atoms with Gasteiger partial charge in [0.2, 0.25) is 11.7 Å². The zero-order valence-electron chi connectivity index (χ0n) is 30.9. The molecule has 8 rings (SSSR count). The number of fused-ring (bicyclic) bond motifs is 3. The molecule has 0 bridgehead atoms. The van der Waals surface area contributed by atoms with Crippen LogP contribution in [-0.2, 0) is 27.9 Å². The Morgan fingerprint density at radius 2 is 1.86 bits per heavy atom. The van der Waals surface area contributed by atoms with Gasteiger partial charge in [-0.25, -0.2) is 14.4 Å². The van der Waals surface area contributed by atoms with Crippen LogP contribution in [-0.4, -0.2) is 82.5 Å². The van der Waals surface area contributed by atoms with E-state index in [0.29, 0.717) is 11.8 Å². The third kappa shape index (κ3) is 6.68. The number of halogens is 5. The van der Waals surface area contributed by atoms with E-state index in [9.17, 15) is 32.7 Å². The lowest BCUT2D eigenvalue weighted by molar-refractivity contribution is -0.137. The molecule has 2 amide bonds. The fourth-order valence-electron chi connectivity index (χ4n) is 8.24. The summed E-state index contributed by atoms with van der Waals surface area (Å²) in [7, 11) is 1.98. The minimum atomic E-state index is -4.65. The fraction of sp³-hybridized carbons (Fsp3) is 0.395. The summed E-state index contributed by atoms with van der Waals surface area (Å²) in [5.41, 5.74) is -1.56. The van der Waals surface area contributed by atoms with Crippen molar-refractivity contribution in [1.82, 2.24) is 38.9 Å². The Bertz CT molecular complexity index is 2520. The molecule has 0 aliphatic carbocycles. The molecule has 6 heterocycles. The van der Waals surface area contributed by atoms with E-state index in [2.05, 4.69) is 30.3 Å². The van der Waals surface area contributed by atoms with Gasteiger partial charge in [-0.15, -0.1) is 5.10 Å². The Morgan fingerprint density at radius 1 is 1.11 bits per heavy atom. The third-order valence-corrected chi connectivity index (χ3v) is 11.4. The predicted molar refractivity (Wildman–Crippen MR) is 197 cm³/mol. The van der Waals surface area contributed by atoms with Crippen molar-refractivity contribution in [3.8, 4) is 17.1 Å². The molecule has 3 aromatic heterocycles. The number of carbonyl (C=O) groups is 2. The highest BCUT2D eigenvalue weighted by molar-refractivity contribution is 6.33. The molecule has 2 N–H and O–H groups in total. The average molecular weight is 810 g/mol. The van der Waals surface area contributed by atoms with Crippen molar-refractivity contribution in [3.05, 3.63) is 97.7 Å². The maximum atomic E-state index is 15.9. The number of aromatic nitrogens is 6. The monoisotopic (exact) mass is 809 g/mol. The van der Waals surface area contributed by atoms with Gasteiger partial charge < -0.3 is 24.6 Å². The van der Waals surface area contributed by atoms with Gasteiger partial charge in [0.1, 0.15) is 24.3 Å². The van der Waals surface area contributed by atoms with Crippen molar-refractivity contribution < 1.29 is 37.0 Å². The molecule has 5 aromatic rings. The smallest absolute Gasteiger partial charge is 0.416 e. The molecule has 2 atom stereocenters.